The molecule has 0 radical (unpaired) electrons. The van der Waals surface area contributed by atoms with Gasteiger partial charge < -0.3 is 10.3 Å². The summed E-state index contributed by atoms with van der Waals surface area (Å²) in [5.74, 6) is 2.40. The van der Waals surface area contributed by atoms with E-state index >= 15 is 0 Å². The molecule has 1 aromatic rings. The molecule has 0 saturated carbocycles. The third-order valence-electron chi connectivity index (χ3n) is 2.53. The Bertz CT molecular complexity index is 270. The zero-order chi connectivity index (χ0) is 11.1. The van der Waals surface area contributed by atoms with Gasteiger partial charge in [-0.3, -0.25) is 0 Å². The monoisotopic (exact) mass is 226 g/mol. The molecule has 1 heterocycles. The molecule has 3 heteroatoms. The lowest BCUT2D eigenvalue weighted by Crippen LogP contribution is -2.21. The number of thioether (sulfide) groups is 1. The summed E-state index contributed by atoms with van der Waals surface area (Å²) < 4.78 is 2.26. The lowest BCUT2D eigenvalue weighted by atomic mass is 10.1. The molecule has 1 unspecified atom stereocenters. The van der Waals surface area contributed by atoms with Crippen LogP contribution in [0.3, 0.4) is 0 Å². The first-order valence-corrected chi connectivity index (χ1v) is 6.89. The van der Waals surface area contributed by atoms with Crippen LogP contribution in [-0.4, -0.2) is 22.1 Å². The Morgan fingerprint density at radius 3 is 2.93 bits per heavy atom. The highest BCUT2D eigenvalue weighted by atomic mass is 32.2. The summed E-state index contributed by atoms with van der Waals surface area (Å²) in [6, 6.07) is 2.50. The van der Waals surface area contributed by atoms with E-state index in [2.05, 4.69) is 36.9 Å². The lowest BCUT2D eigenvalue weighted by Gasteiger charge is -2.06. The molecular weight excluding hydrogens is 204 g/mol. The number of rotatable bonds is 7. The molecule has 86 valence electrons. The number of nitrogens with zero attached hydrogens (tertiary/aromatic N) is 1. The number of hydrogen-bond donors (Lipinski definition) is 1. The van der Waals surface area contributed by atoms with Gasteiger partial charge in [0.15, 0.2) is 0 Å². The van der Waals surface area contributed by atoms with Crippen molar-refractivity contribution in [3.05, 3.63) is 24.0 Å². The molecule has 0 saturated heterocycles. The summed E-state index contributed by atoms with van der Waals surface area (Å²) in [4.78, 5) is 0. The first kappa shape index (κ1) is 12.7. The Morgan fingerprint density at radius 2 is 2.27 bits per heavy atom. The van der Waals surface area contributed by atoms with Crippen LogP contribution >= 0.6 is 11.8 Å². The van der Waals surface area contributed by atoms with Gasteiger partial charge in [0.1, 0.15) is 0 Å². The zero-order valence-electron chi connectivity index (χ0n) is 9.78. The average molecular weight is 226 g/mol. The first-order valence-electron chi connectivity index (χ1n) is 5.74. The van der Waals surface area contributed by atoms with Gasteiger partial charge in [0.25, 0.3) is 0 Å². The standard InChI is InChI=1S/C12H22N2S/c1-3-12(13)9-11-5-6-14(10-11)7-8-15-4-2/h5-6,10,12H,3-4,7-9,13H2,1-2H3. The SMILES string of the molecule is CCSCCn1ccc(CC(N)CC)c1. The van der Waals surface area contributed by atoms with Crippen molar-refractivity contribution in [2.24, 2.45) is 5.73 Å². The Kier molecular flexibility index (Phi) is 5.88. The molecule has 0 amide bonds. The third-order valence-corrected chi connectivity index (χ3v) is 3.41. The topological polar surface area (TPSA) is 30.9 Å². The first-order chi connectivity index (χ1) is 7.26. The molecule has 0 spiro atoms. The number of nitrogens with two attached hydrogens (primary N) is 1. The minimum atomic E-state index is 0.311. The highest BCUT2D eigenvalue weighted by Crippen LogP contribution is 2.07. The van der Waals surface area contributed by atoms with Gasteiger partial charge >= 0.3 is 0 Å². The van der Waals surface area contributed by atoms with Crippen LogP contribution in [0.1, 0.15) is 25.8 Å². The van der Waals surface area contributed by atoms with Crippen molar-refractivity contribution in [2.75, 3.05) is 11.5 Å². The predicted molar refractivity (Wildman–Crippen MR) is 69.4 cm³/mol. The maximum atomic E-state index is 5.92. The predicted octanol–water partition coefficient (Wildman–Crippen LogP) is 2.52. The Morgan fingerprint density at radius 1 is 1.47 bits per heavy atom. The second-order valence-electron chi connectivity index (χ2n) is 3.83. The molecule has 0 aliphatic rings. The molecule has 0 fully saturated rings. The molecule has 1 atom stereocenters. The van der Waals surface area contributed by atoms with Gasteiger partial charge in [-0.05, 0) is 30.2 Å². The summed E-state index contributed by atoms with van der Waals surface area (Å²) in [6.45, 7) is 5.45. The fourth-order valence-corrected chi connectivity index (χ4v) is 2.14. The van der Waals surface area contributed by atoms with Crippen LogP contribution in [0.2, 0.25) is 0 Å². The summed E-state index contributed by atoms with van der Waals surface area (Å²) in [5, 5.41) is 0. The molecule has 0 aliphatic carbocycles. The fraction of sp³-hybridized carbons (Fsp3) is 0.667. The van der Waals surface area contributed by atoms with Gasteiger partial charge in [-0.1, -0.05) is 13.8 Å². The normalized spacial score (nSPS) is 13.0. The van der Waals surface area contributed by atoms with Crippen molar-refractivity contribution in [3.8, 4) is 0 Å². The molecule has 0 bridgehead atoms. The molecule has 1 rings (SSSR count). The van der Waals surface area contributed by atoms with Crippen LogP contribution in [0.4, 0.5) is 0 Å². The summed E-state index contributed by atoms with van der Waals surface area (Å²) in [7, 11) is 0. The van der Waals surface area contributed by atoms with E-state index in [9.17, 15) is 0 Å². The Hall–Kier alpha value is -0.410. The van der Waals surface area contributed by atoms with E-state index in [1.165, 1.54) is 17.1 Å². The quantitative estimate of drug-likeness (QED) is 0.724. The van der Waals surface area contributed by atoms with E-state index in [1.54, 1.807) is 0 Å². The Balaban J connectivity index is 2.35. The Labute approximate surface area is 97.2 Å². The van der Waals surface area contributed by atoms with E-state index in [-0.39, 0.29) is 0 Å². The van der Waals surface area contributed by atoms with E-state index in [4.69, 9.17) is 5.73 Å². The molecular formula is C12H22N2S. The van der Waals surface area contributed by atoms with Crippen molar-refractivity contribution >= 4 is 11.8 Å². The van der Waals surface area contributed by atoms with Gasteiger partial charge in [0.2, 0.25) is 0 Å². The van der Waals surface area contributed by atoms with Crippen LogP contribution in [0, 0.1) is 0 Å². The molecule has 2 nitrogen and oxygen atoms in total. The largest absolute Gasteiger partial charge is 0.353 e. The highest BCUT2D eigenvalue weighted by molar-refractivity contribution is 7.99. The van der Waals surface area contributed by atoms with E-state index in [0.29, 0.717) is 6.04 Å². The van der Waals surface area contributed by atoms with Crippen molar-refractivity contribution < 1.29 is 0 Å². The number of hydrogen-bond acceptors (Lipinski definition) is 2. The molecule has 1 aromatic heterocycles. The molecule has 0 aliphatic heterocycles. The number of aryl methyl sites for hydroxylation is 1. The highest BCUT2D eigenvalue weighted by Gasteiger charge is 2.02. The summed E-state index contributed by atoms with van der Waals surface area (Å²) >= 11 is 1.99. The fourth-order valence-electron chi connectivity index (χ4n) is 1.51. The van der Waals surface area contributed by atoms with Crippen molar-refractivity contribution in [3.63, 3.8) is 0 Å². The van der Waals surface area contributed by atoms with Crippen LogP contribution in [0.15, 0.2) is 18.5 Å². The van der Waals surface area contributed by atoms with Crippen molar-refractivity contribution in [1.29, 1.82) is 0 Å². The lowest BCUT2D eigenvalue weighted by molar-refractivity contribution is 0.644. The van der Waals surface area contributed by atoms with Crippen molar-refractivity contribution in [2.45, 2.75) is 39.3 Å². The van der Waals surface area contributed by atoms with Gasteiger partial charge in [-0.2, -0.15) is 11.8 Å². The van der Waals surface area contributed by atoms with Gasteiger partial charge in [0.05, 0.1) is 0 Å². The smallest absolute Gasteiger partial charge is 0.0310 e. The van der Waals surface area contributed by atoms with Crippen molar-refractivity contribution in [1.82, 2.24) is 4.57 Å². The van der Waals surface area contributed by atoms with Crippen LogP contribution in [0.25, 0.3) is 0 Å². The third kappa shape index (κ3) is 4.76. The second-order valence-corrected chi connectivity index (χ2v) is 5.22. The summed E-state index contributed by atoms with van der Waals surface area (Å²) in [5.41, 5.74) is 7.29. The maximum absolute atomic E-state index is 5.92. The minimum Gasteiger partial charge on any atom is -0.353 e. The van der Waals surface area contributed by atoms with E-state index in [1.807, 2.05) is 11.8 Å². The van der Waals surface area contributed by atoms with Gasteiger partial charge in [0, 0.05) is 30.7 Å². The average Bonchev–Trinajstić information content (AvgIpc) is 2.66. The van der Waals surface area contributed by atoms with Gasteiger partial charge in [-0.15, -0.1) is 0 Å². The maximum Gasteiger partial charge on any atom is 0.0310 e. The zero-order valence-corrected chi connectivity index (χ0v) is 10.6. The van der Waals surface area contributed by atoms with E-state index < -0.39 is 0 Å². The molecule has 15 heavy (non-hydrogen) atoms. The van der Waals surface area contributed by atoms with Crippen LogP contribution < -0.4 is 5.73 Å². The van der Waals surface area contributed by atoms with Crippen LogP contribution in [0.5, 0.6) is 0 Å². The minimum absolute atomic E-state index is 0.311. The number of aromatic nitrogens is 1. The summed E-state index contributed by atoms with van der Waals surface area (Å²) in [6.07, 6.45) is 6.45. The molecule has 0 aromatic carbocycles. The van der Waals surface area contributed by atoms with Crippen LogP contribution in [-0.2, 0) is 13.0 Å². The van der Waals surface area contributed by atoms with Gasteiger partial charge in [-0.25, -0.2) is 0 Å². The van der Waals surface area contributed by atoms with E-state index in [0.717, 1.165) is 19.4 Å². The molecule has 2 N–H and O–H groups in total. The second kappa shape index (κ2) is 6.96.